The van der Waals surface area contributed by atoms with Crippen LogP contribution in [0.4, 0.5) is 0 Å². The van der Waals surface area contributed by atoms with Crippen LogP contribution < -0.4 is 10.9 Å². The number of benzene rings is 1. The summed E-state index contributed by atoms with van der Waals surface area (Å²) in [5.41, 5.74) is 1.50. The second-order valence-electron chi connectivity index (χ2n) is 6.17. The first-order valence-electron chi connectivity index (χ1n) is 8.26. The summed E-state index contributed by atoms with van der Waals surface area (Å²) in [6, 6.07) is 8.97. The number of carbonyl (C=O) groups is 1. The third-order valence-electron chi connectivity index (χ3n) is 4.23. The van der Waals surface area contributed by atoms with Crippen molar-refractivity contribution in [3.05, 3.63) is 64.1 Å². The van der Waals surface area contributed by atoms with Crippen LogP contribution in [-0.2, 0) is 11.3 Å². The molecule has 6 heteroatoms. The number of amides is 1. The molecule has 3 rings (SSSR count). The number of aromatic nitrogens is 2. The van der Waals surface area contributed by atoms with Crippen LogP contribution >= 0.6 is 0 Å². The molecule has 25 heavy (non-hydrogen) atoms. The first-order valence-corrected chi connectivity index (χ1v) is 8.26. The number of nitrogens with zero attached hydrogens (tertiary/aromatic N) is 2. The lowest BCUT2D eigenvalue weighted by Crippen LogP contribution is -2.29. The van der Waals surface area contributed by atoms with Crippen molar-refractivity contribution in [1.29, 1.82) is 0 Å². The van der Waals surface area contributed by atoms with Crippen LogP contribution in [0.3, 0.4) is 0 Å². The zero-order valence-corrected chi connectivity index (χ0v) is 14.6. The van der Waals surface area contributed by atoms with Crippen LogP contribution in [0.25, 0.3) is 10.9 Å². The quantitative estimate of drug-likeness (QED) is 0.775. The van der Waals surface area contributed by atoms with Crippen LogP contribution in [0.5, 0.6) is 0 Å². The van der Waals surface area contributed by atoms with Crippen molar-refractivity contribution in [1.82, 2.24) is 14.9 Å². The fourth-order valence-electron chi connectivity index (χ4n) is 2.96. The molecule has 3 aromatic rings. The number of hydrogen-bond donors (Lipinski definition) is 1. The van der Waals surface area contributed by atoms with Gasteiger partial charge in [-0.15, -0.1) is 0 Å². The molecule has 0 fully saturated rings. The summed E-state index contributed by atoms with van der Waals surface area (Å²) in [5.74, 6) is 1.51. The van der Waals surface area contributed by atoms with Crippen LogP contribution in [0.15, 0.2) is 45.9 Å². The van der Waals surface area contributed by atoms with Crippen LogP contribution in [0, 0.1) is 13.8 Å². The SMILES string of the molecule is Cc1cc(C(C)NC(=O)CCn2cnc3ccccc3c2=O)c(C)o1. The number of nitrogens with one attached hydrogen (secondary N) is 1. The number of hydrogen-bond acceptors (Lipinski definition) is 4. The predicted octanol–water partition coefficient (Wildman–Crippen LogP) is 2.87. The van der Waals surface area contributed by atoms with E-state index in [1.54, 1.807) is 18.2 Å². The summed E-state index contributed by atoms with van der Waals surface area (Å²) in [5, 5.41) is 3.50. The van der Waals surface area contributed by atoms with Crippen molar-refractivity contribution in [2.75, 3.05) is 0 Å². The summed E-state index contributed by atoms with van der Waals surface area (Å²) in [7, 11) is 0. The lowest BCUT2D eigenvalue weighted by Gasteiger charge is -2.13. The molecule has 0 aliphatic rings. The zero-order chi connectivity index (χ0) is 18.0. The molecule has 0 saturated carbocycles. The van der Waals surface area contributed by atoms with Crippen molar-refractivity contribution in [2.45, 2.75) is 39.8 Å². The minimum atomic E-state index is -0.142. The van der Waals surface area contributed by atoms with Gasteiger partial charge in [-0.25, -0.2) is 4.98 Å². The Morgan fingerprint density at radius 3 is 2.80 bits per heavy atom. The van der Waals surface area contributed by atoms with Gasteiger partial charge in [-0.05, 0) is 39.0 Å². The van der Waals surface area contributed by atoms with E-state index in [1.807, 2.05) is 32.9 Å². The molecule has 0 aliphatic carbocycles. The monoisotopic (exact) mass is 339 g/mol. The number of furan rings is 1. The first-order chi connectivity index (χ1) is 12.0. The van der Waals surface area contributed by atoms with E-state index in [-0.39, 0.29) is 23.9 Å². The van der Waals surface area contributed by atoms with Gasteiger partial charge in [-0.1, -0.05) is 12.1 Å². The molecule has 0 bridgehead atoms. The van der Waals surface area contributed by atoms with E-state index >= 15 is 0 Å². The number of aryl methyl sites for hydroxylation is 3. The molecular formula is C19H21N3O3. The van der Waals surface area contributed by atoms with E-state index in [9.17, 15) is 9.59 Å². The van der Waals surface area contributed by atoms with Crippen molar-refractivity contribution < 1.29 is 9.21 Å². The Bertz CT molecular complexity index is 971. The largest absolute Gasteiger partial charge is 0.466 e. The summed E-state index contributed by atoms with van der Waals surface area (Å²) < 4.78 is 6.97. The molecule has 1 N–H and O–H groups in total. The maximum Gasteiger partial charge on any atom is 0.261 e. The third-order valence-corrected chi connectivity index (χ3v) is 4.23. The Balaban J connectivity index is 1.65. The Labute approximate surface area is 145 Å². The Kier molecular flexibility index (Phi) is 4.70. The summed E-state index contributed by atoms with van der Waals surface area (Å²) in [6.45, 7) is 5.97. The normalized spacial score (nSPS) is 12.3. The van der Waals surface area contributed by atoms with Crippen molar-refractivity contribution in [3.63, 3.8) is 0 Å². The maximum atomic E-state index is 12.4. The Morgan fingerprint density at radius 1 is 1.32 bits per heavy atom. The molecule has 6 nitrogen and oxygen atoms in total. The Morgan fingerprint density at radius 2 is 2.08 bits per heavy atom. The first kappa shape index (κ1) is 17.0. The van der Waals surface area contributed by atoms with Gasteiger partial charge in [0.25, 0.3) is 5.56 Å². The minimum Gasteiger partial charge on any atom is -0.466 e. The molecule has 2 heterocycles. The molecule has 130 valence electrons. The van der Waals surface area contributed by atoms with Gasteiger partial charge in [0.15, 0.2) is 0 Å². The fourth-order valence-corrected chi connectivity index (χ4v) is 2.96. The summed E-state index contributed by atoms with van der Waals surface area (Å²) in [4.78, 5) is 28.9. The maximum absolute atomic E-state index is 12.4. The van der Waals surface area contributed by atoms with E-state index in [0.717, 1.165) is 17.1 Å². The van der Waals surface area contributed by atoms with Gasteiger partial charge in [-0.2, -0.15) is 0 Å². The second kappa shape index (κ2) is 6.93. The highest BCUT2D eigenvalue weighted by Crippen LogP contribution is 2.21. The van der Waals surface area contributed by atoms with E-state index in [4.69, 9.17) is 4.42 Å². The molecule has 1 amide bonds. The van der Waals surface area contributed by atoms with Gasteiger partial charge in [0.2, 0.25) is 5.91 Å². The highest BCUT2D eigenvalue weighted by molar-refractivity contribution is 5.77. The highest BCUT2D eigenvalue weighted by atomic mass is 16.3. The lowest BCUT2D eigenvalue weighted by atomic mass is 10.1. The molecule has 2 aromatic heterocycles. The van der Waals surface area contributed by atoms with E-state index < -0.39 is 0 Å². The van der Waals surface area contributed by atoms with Gasteiger partial charge in [-0.3, -0.25) is 14.2 Å². The zero-order valence-electron chi connectivity index (χ0n) is 14.6. The van der Waals surface area contributed by atoms with Gasteiger partial charge < -0.3 is 9.73 Å². The topological polar surface area (TPSA) is 77.1 Å². The average Bonchev–Trinajstić information content (AvgIpc) is 2.93. The van der Waals surface area contributed by atoms with E-state index in [1.165, 1.54) is 10.9 Å². The van der Waals surface area contributed by atoms with Crippen molar-refractivity contribution in [3.8, 4) is 0 Å². The van der Waals surface area contributed by atoms with Crippen LogP contribution in [-0.4, -0.2) is 15.5 Å². The predicted molar refractivity (Wildman–Crippen MR) is 95.4 cm³/mol. The van der Waals surface area contributed by atoms with E-state index in [0.29, 0.717) is 17.4 Å². The van der Waals surface area contributed by atoms with Crippen LogP contribution in [0.1, 0.15) is 36.5 Å². The van der Waals surface area contributed by atoms with Gasteiger partial charge >= 0.3 is 0 Å². The molecule has 0 radical (unpaired) electrons. The molecule has 1 atom stereocenters. The van der Waals surface area contributed by atoms with Crippen LogP contribution in [0.2, 0.25) is 0 Å². The lowest BCUT2D eigenvalue weighted by molar-refractivity contribution is -0.121. The highest BCUT2D eigenvalue weighted by Gasteiger charge is 2.15. The summed E-state index contributed by atoms with van der Waals surface area (Å²) >= 11 is 0. The standard InChI is InChI=1S/C19H21N3O3/c1-12-10-16(14(3)25-12)13(2)21-18(23)8-9-22-11-20-17-7-5-4-6-15(17)19(22)24/h4-7,10-11,13H,8-9H2,1-3H3,(H,21,23). The molecule has 0 saturated heterocycles. The molecule has 1 aromatic carbocycles. The van der Waals surface area contributed by atoms with Crippen molar-refractivity contribution >= 4 is 16.8 Å². The molecule has 0 spiro atoms. The molecule has 0 aliphatic heterocycles. The number of para-hydroxylation sites is 1. The number of carbonyl (C=O) groups excluding carboxylic acids is 1. The van der Waals surface area contributed by atoms with Crippen molar-refractivity contribution in [2.24, 2.45) is 0 Å². The third kappa shape index (κ3) is 3.63. The molecular weight excluding hydrogens is 318 g/mol. The second-order valence-corrected chi connectivity index (χ2v) is 6.17. The fraction of sp³-hybridized carbons (Fsp3) is 0.316. The van der Waals surface area contributed by atoms with E-state index in [2.05, 4.69) is 10.3 Å². The minimum absolute atomic E-state index is 0.120. The number of rotatable bonds is 5. The van der Waals surface area contributed by atoms with Gasteiger partial charge in [0.05, 0.1) is 23.3 Å². The summed E-state index contributed by atoms with van der Waals surface area (Å²) in [6.07, 6.45) is 1.70. The van der Waals surface area contributed by atoms with Gasteiger partial charge in [0.1, 0.15) is 11.5 Å². The average molecular weight is 339 g/mol. The molecule has 1 unspecified atom stereocenters. The smallest absolute Gasteiger partial charge is 0.261 e. The number of fused-ring (bicyclic) bond motifs is 1. The Hall–Kier alpha value is -2.89. The van der Waals surface area contributed by atoms with Gasteiger partial charge in [0, 0.05) is 18.5 Å².